The molecule has 104 valence electrons. The van der Waals surface area contributed by atoms with Gasteiger partial charge in [0.2, 0.25) is 0 Å². The molecule has 19 heavy (non-hydrogen) atoms. The van der Waals surface area contributed by atoms with E-state index in [1.807, 2.05) is 20.8 Å². The molecule has 0 saturated heterocycles. The zero-order valence-corrected chi connectivity index (χ0v) is 12.4. The summed E-state index contributed by atoms with van der Waals surface area (Å²) in [5.41, 5.74) is -0.163. The number of benzene rings is 1. The van der Waals surface area contributed by atoms with Gasteiger partial charge in [0.1, 0.15) is 0 Å². The molecule has 1 amide bonds. The topological polar surface area (TPSA) is 55.4 Å². The van der Waals surface area contributed by atoms with E-state index in [4.69, 9.17) is 27.9 Å². The summed E-state index contributed by atoms with van der Waals surface area (Å²) in [6, 6.07) is 4.36. The molecule has 0 spiro atoms. The monoisotopic (exact) mass is 303 g/mol. The van der Waals surface area contributed by atoms with E-state index in [9.17, 15) is 9.59 Å². The minimum Gasteiger partial charge on any atom is -0.452 e. The Morgan fingerprint density at radius 1 is 1.16 bits per heavy atom. The molecule has 1 aromatic rings. The summed E-state index contributed by atoms with van der Waals surface area (Å²) in [6.07, 6.45) is 0. The maximum atomic E-state index is 11.7. The molecule has 1 N–H and O–H groups in total. The molecule has 6 heteroatoms. The zero-order valence-electron chi connectivity index (χ0n) is 10.9. The van der Waals surface area contributed by atoms with Crippen molar-refractivity contribution in [1.29, 1.82) is 0 Å². The molecule has 0 aliphatic heterocycles. The van der Waals surface area contributed by atoms with Crippen molar-refractivity contribution < 1.29 is 14.3 Å². The molecule has 0 saturated carbocycles. The molecule has 0 bridgehead atoms. The molecule has 0 heterocycles. The summed E-state index contributed by atoms with van der Waals surface area (Å²) in [5, 5.41) is 3.34. The van der Waals surface area contributed by atoms with Gasteiger partial charge in [0.05, 0.1) is 5.56 Å². The Morgan fingerprint density at radius 3 is 2.16 bits per heavy atom. The van der Waals surface area contributed by atoms with Gasteiger partial charge in [0, 0.05) is 15.6 Å². The molecule has 0 radical (unpaired) electrons. The second kappa shape index (κ2) is 6.26. The molecule has 0 fully saturated rings. The summed E-state index contributed by atoms with van der Waals surface area (Å²) in [5.74, 6) is -1.01. The third-order valence-electron chi connectivity index (χ3n) is 1.95. The van der Waals surface area contributed by atoms with Gasteiger partial charge in [-0.05, 0) is 39.0 Å². The van der Waals surface area contributed by atoms with Gasteiger partial charge in [0.15, 0.2) is 6.61 Å². The quantitative estimate of drug-likeness (QED) is 0.873. The molecule has 0 aliphatic rings. The predicted octanol–water partition coefficient (Wildman–Crippen LogP) is 3.06. The van der Waals surface area contributed by atoms with Crippen LogP contribution in [0.5, 0.6) is 0 Å². The number of carbonyl (C=O) groups is 2. The van der Waals surface area contributed by atoms with E-state index in [0.717, 1.165) is 0 Å². The van der Waals surface area contributed by atoms with E-state index >= 15 is 0 Å². The summed E-state index contributed by atoms with van der Waals surface area (Å²) in [7, 11) is 0. The first-order valence-electron chi connectivity index (χ1n) is 5.61. The van der Waals surface area contributed by atoms with Gasteiger partial charge in [-0.15, -0.1) is 0 Å². The first-order chi connectivity index (χ1) is 8.67. The SMILES string of the molecule is CC(C)(C)NC(=O)COC(=O)c1cc(Cl)cc(Cl)c1. The largest absolute Gasteiger partial charge is 0.452 e. The molecule has 0 aliphatic carbocycles. The lowest BCUT2D eigenvalue weighted by Crippen LogP contribution is -2.42. The summed E-state index contributed by atoms with van der Waals surface area (Å²) in [4.78, 5) is 23.2. The third kappa shape index (κ3) is 5.94. The molecular weight excluding hydrogens is 289 g/mol. The van der Waals surface area contributed by atoms with Crippen molar-refractivity contribution in [2.45, 2.75) is 26.3 Å². The number of carbonyl (C=O) groups excluding carboxylic acids is 2. The van der Waals surface area contributed by atoms with E-state index in [0.29, 0.717) is 10.0 Å². The van der Waals surface area contributed by atoms with Crippen molar-refractivity contribution in [2.24, 2.45) is 0 Å². The summed E-state index contributed by atoms with van der Waals surface area (Å²) < 4.78 is 4.88. The van der Waals surface area contributed by atoms with Gasteiger partial charge in [0.25, 0.3) is 5.91 Å². The molecule has 1 rings (SSSR count). The number of amides is 1. The Morgan fingerprint density at radius 2 is 1.68 bits per heavy atom. The lowest BCUT2D eigenvalue weighted by atomic mass is 10.1. The van der Waals surface area contributed by atoms with Crippen LogP contribution in [0.1, 0.15) is 31.1 Å². The van der Waals surface area contributed by atoms with Crippen LogP contribution >= 0.6 is 23.2 Å². The molecule has 0 aromatic heterocycles. The maximum Gasteiger partial charge on any atom is 0.338 e. The van der Waals surface area contributed by atoms with E-state index in [1.54, 1.807) is 0 Å². The number of rotatable bonds is 3. The number of esters is 1. The Labute approximate surface area is 122 Å². The van der Waals surface area contributed by atoms with Crippen LogP contribution < -0.4 is 5.32 Å². The van der Waals surface area contributed by atoms with E-state index in [-0.39, 0.29) is 23.6 Å². The zero-order chi connectivity index (χ0) is 14.6. The normalized spacial score (nSPS) is 11.0. The highest BCUT2D eigenvalue weighted by Crippen LogP contribution is 2.19. The molecule has 0 atom stereocenters. The molecular formula is C13H15Cl2NO3. The number of nitrogens with one attached hydrogen (secondary N) is 1. The Kier molecular flexibility index (Phi) is 5.20. The van der Waals surface area contributed by atoms with Crippen LogP contribution in [0.3, 0.4) is 0 Å². The van der Waals surface area contributed by atoms with Crippen LogP contribution in [-0.2, 0) is 9.53 Å². The molecule has 0 unspecified atom stereocenters. The van der Waals surface area contributed by atoms with Crippen molar-refractivity contribution in [3.05, 3.63) is 33.8 Å². The fourth-order valence-electron chi connectivity index (χ4n) is 1.34. The van der Waals surface area contributed by atoms with Crippen molar-refractivity contribution in [3.63, 3.8) is 0 Å². The highest BCUT2D eigenvalue weighted by Gasteiger charge is 2.16. The van der Waals surface area contributed by atoms with Gasteiger partial charge in [-0.25, -0.2) is 4.79 Å². The van der Waals surface area contributed by atoms with Gasteiger partial charge < -0.3 is 10.1 Å². The Balaban J connectivity index is 2.58. The summed E-state index contributed by atoms with van der Waals surface area (Å²) >= 11 is 11.5. The highest BCUT2D eigenvalue weighted by molar-refractivity contribution is 6.35. The first-order valence-corrected chi connectivity index (χ1v) is 6.37. The lowest BCUT2D eigenvalue weighted by molar-refractivity contribution is -0.125. The van der Waals surface area contributed by atoms with Crippen LogP contribution in [0.25, 0.3) is 0 Å². The fourth-order valence-corrected chi connectivity index (χ4v) is 1.87. The smallest absolute Gasteiger partial charge is 0.338 e. The van der Waals surface area contributed by atoms with Crippen molar-refractivity contribution in [2.75, 3.05) is 6.61 Å². The predicted molar refractivity (Wildman–Crippen MR) is 74.6 cm³/mol. The lowest BCUT2D eigenvalue weighted by Gasteiger charge is -2.20. The third-order valence-corrected chi connectivity index (χ3v) is 2.38. The van der Waals surface area contributed by atoms with Crippen LogP contribution in [0.2, 0.25) is 10.0 Å². The molecule has 1 aromatic carbocycles. The minimum atomic E-state index is -0.645. The number of halogens is 2. The second-order valence-corrected chi connectivity index (χ2v) is 5.91. The van der Waals surface area contributed by atoms with Gasteiger partial charge >= 0.3 is 5.97 Å². The van der Waals surface area contributed by atoms with Gasteiger partial charge in [-0.2, -0.15) is 0 Å². The maximum absolute atomic E-state index is 11.7. The number of hydrogen-bond acceptors (Lipinski definition) is 3. The van der Waals surface area contributed by atoms with Gasteiger partial charge in [-0.1, -0.05) is 23.2 Å². The minimum absolute atomic E-state index is 0.209. The average molecular weight is 304 g/mol. The van der Waals surface area contributed by atoms with Crippen molar-refractivity contribution in [3.8, 4) is 0 Å². The Bertz CT molecular complexity index is 475. The van der Waals surface area contributed by atoms with Crippen LogP contribution in [0.4, 0.5) is 0 Å². The highest BCUT2D eigenvalue weighted by atomic mass is 35.5. The van der Waals surface area contributed by atoms with Crippen LogP contribution in [-0.4, -0.2) is 24.0 Å². The number of hydrogen-bond donors (Lipinski definition) is 1. The van der Waals surface area contributed by atoms with E-state index in [2.05, 4.69) is 5.32 Å². The molecule has 4 nitrogen and oxygen atoms in total. The Hall–Kier alpha value is -1.26. The van der Waals surface area contributed by atoms with Crippen LogP contribution in [0, 0.1) is 0 Å². The van der Waals surface area contributed by atoms with Crippen molar-refractivity contribution in [1.82, 2.24) is 5.32 Å². The first kappa shape index (κ1) is 15.8. The second-order valence-electron chi connectivity index (χ2n) is 5.03. The van der Waals surface area contributed by atoms with E-state index in [1.165, 1.54) is 18.2 Å². The average Bonchev–Trinajstić information content (AvgIpc) is 2.22. The van der Waals surface area contributed by atoms with Gasteiger partial charge in [-0.3, -0.25) is 4.79 Å². The summed E-state index contributed by atoms with van der Waals surface area (Å²) in [6.45, 7) is 5.16. The fraction of sp³-hybridized carbons (Fsp3) is 0.385. The standard InChI is InChI=1S/C13H15Cl2NO3/c1-13(2,3)16-11(17)7-19-12(18)8-4-9(14)6-10(15)5-8/h4-6H,7H2,1-3H3,(H,16,17). The van der Waals surface area contributed by atoms with E-state index < -0.39 is 5.97 Å². The number of ether oxygens (including phenoxy) is 1. The van der Waals surface area contributed by atoms with Crippen molar-refractivity contribution >= 4 is 35.1 Å². The van der Waals surface area contributed by atoms with Crippen LogP contribution in [0.15, 0.2) is 18.2 Å².